The normalized spacial score (nSPS) is 10.8. The SMILES string of the molecule is COc1ccc(C(=O)NCc2c(OC)ccc3nc(C)n(C)c23)cc1F. The lowest BCUT2D eigenvalue weighted by Gasteiger charge is -2.13. The first-order valence-electron chi connectivity index (χ1n) is 8.07. The molecule has 3 rings (SSSR count). The Bertz CT molecular complexity index is 982. The second-order valence-corrected chi connectivity index (χ2v) is 5.86. The first kappa shape index (κ1) is 17.7. The van der Waals surface area contributed by atoms with E-state index in [9.17, 15) is 9.18 Å². The lowest BCUT2D eigenvalue weighted by atomic mass is 10.1. The third-order valence-electron chi connectivity index (χ3n) is 4.38. The molecule has 2 aromatic carbocycles. The van der Waals surface area contributed by atoms with E-state index in [1.165, 1.54) is 19.2 Å². The number of halogens is 1. The molecule has 0 aliphatic carbocycles. The summed E-state index contributed by atoms with van der Waals surface area (Å²) >= 11 is 0. The van der Waals surface area contributed by atoms with Gasteiger partial charge >= 0.3 is 0 Å². The van der Waals surface area contributed by atoms with E-state index < -0.39 is 5.82 Å². The molecule has 26 heavy (non-hydrogen) atoms. The molecule has 0 unspecified atom stereocenters. The number of amides is 1. The van der Waals surface area contributed by atoms with Crippen LogP contribution in [0.1, 0.15) is 21.7 Å². The van der Waals surface area contributed by atoms with Gasteiger partial charge in [0.05, 0.1) is 25.3 Å². The molecule has 136 valence electrons. The van der Waals surface area contributed by atoms with Gasteiger partial charge in [-0.3, -0.25) is 4.79 Å². The van der Waals surface area contributed by atoms with Gasteiger partial charge in [0, 0.05) is 24.7 Å². The van der Waals surface area contributed by atoms with Crippen molar-refractivity contribution in [1.82, 2.24) is 14.9 Å². The van der Waals surface area contributed by atoms with E-state index in [0.29, 0.717) is 5.75 Å². The Hall–Kier alpha value is -3.09. The minimum absolute atomic E-state index is 0.0957. The molecule has 0 saturated carbocycles. The van der Waals surface area contributed by atoms with E-state index in [1.54, 1.807) is 7.11 Å². The van der Waals surface area contributed by atoms with Gasteiger partial charge in [0.1, 0.15) is 11.6 Å². The zero-order valence-corrected chi connectivity index (χ0v) is 15.1. The Morgan fingerprint density at radius 2 is 1.88 bits per heavy atom. The molecule has 0 fully saturated rings. The number of ether oxygens (including phenoxy) is 2. The Morgan fingerprint density at radius 3 is 2.54 bits per heavy atom. The van der Waals surface area contributed by atoms with Crippen molar-refractivity contribution in [2.75, 3.05) is 14.2 Å². The second kappa shape index (κ2) is 7.03. The smallest absolute Gasteiger partial charge is 0.251 e. The number of fused-ring (bicyclic) bond motifs is 1. The van der Waals surface area contributed by atoms with Crippen LogP contribution >= 0.6 is 0 Å². The molecule has 1 heterocycles. The van der Waals surface area contributed by atoms with Crippen LogP contribution in [0.25, 0.3) is 11.0 Å². The van der Waals surface area contributed by atoms with Crippen molar-refractivity contribution >= 4 is 16.9 Å². The summed E-state index contributed by atoms with van der Waals surface area (Å²) in [7, 11) is 4.86. The van der Waals surface area contributed by atoms with Crippen LogP contribution in [-0.4, -0.2) is 29.7 Å². The van der Waals surface area contributed by atoms with Crippen molar-refractivity contribution in [3.63, 3.8) is 0 Å². The van der Waals surface area contributed by atoms with E-state index in [0.717, 1.165) is 28.5 Å². The van der Waals surface area contributed by atoms with Crippen LogP contribution in [0, 0.1) is 12.7 Å². The summed E-state index contributed by atoms with van der Waals surface area (Å²) in [5.41, 5.74) is 2.75. The summed E-state index contributed by atoms with van der Waals surface area (Å²) < 4.78 is 26.1. The average Bonchev–Trinajstić information content (AvgIpc) is 2.93. The predicted molar refractivity (Wildman–Crippen MR) is 96.1 cm³/mol. The summed E-state index contributed by atoms with van der Waals surface area (Å²) in [6.07, 6.45) is 0. The maximum Gasteiger partial charge on any atom is 0.251 e. The first-order chi connectivity index (χ1) is 12.5. The van der Waals surface area contributed by atoms with Gasteiger partial charge in [0.15, 0.2) is 11.6 Å². The van der Waals surface area contributed by atoms with Crippen molar-refractivity contribution in [2.45, 2.75) is 13.5 Å². The molecule has 0 atom stereocenters. The summed E-state index contributed by atoms with van der Waals surface area (Å²) in [4.78, 5) is 16.9. The van der Waals surface area contributed by atoms with Crippen LogP contribution < -0.4 is 14.8 Å². The first-order valence-corrected chi connectivity index (χ1v) is 8.07. The molecule has 7 heteroatoms. The van der Waals surface area contributed by atoms with Gasteiger partial charge in [0.2, 0.25) is 0 Å². The largest absolute Gasteiger partial charge is 0.496 e. The monoisotopic (exact) mass is 357 g/mol. The standard InChI is InChI=1S/C19H20FN3O3/c1-11-22-15-6-8-16(25-3)13(18(15)23(11)2)10-21-19(24)12-5-7-17(26-4)14(20)9-12/h5-9H,10H2,1-4H3,(H,21,24). The summed E-state index contributed by atoms with van der Waals surface area (Å²) in [6.45, 7) is 2.14. The molecule has 0 saturated heterocycles. The molecule has 0 spiro atoms. The van der Waals surface area contributed by atoms with Crippen LogP contribution in [0.15, 0.2) is 30.3 Å². The summed E-state index contributed by atoms with van der Waals surface area (Å²) in [5.74, 6) is 0.643. The van der Waals surface area contributed by atoms with E-state index in [2.05, 4.69) is 10.3 Å². The number of hydrogen-bond donors (Lipinski definition) is 1. The number of aromatic nitrogens is 2. The third-order valence-corrected chi connectivity index (χ3v) is 4.38. The van der Waals surface area contributed by atoms with Gasteiger partial charge in [0.25, 0.3) is 5.91 Å². The fourth-order valence-electron chi connectivity index (χ4n) is 2.92. The maximum absolute atomic E-state index is 13.8. The van der Waals surface area contributed by atoms with Gasteiger partial charge in [-0.25, -0.2) is 9.37 Å². The van der Waals surface area contributed by atoms with Crippen molar-refractivity contribution < 1.29 is 18.7 Å². The van der Waals surface area contributed by atoms with Gasteiger partial charge in [-0.2, -0.15) is 0 Å². The van der Waals surface area contributed by atoms with Gasteiger partial charge in [-0.15, -0.1) is 0 Å². The highest BCUT2D eigenvalue weighted by Gasteiger charge is 2.16. The molecular weight excluding hydrogens is 337 g/mol. The molecule has 1 aromatic heterocycles. The fourth-order valence-corrected chi connectivity index (χ4v) is 2.92. The maximum atomic E-state index is 13.8. The number of hydrogen-bond acceptors (Lipinski definition) is 4. The number of imidazole rings is 1. The molecule has 1 N–H and O–H groups in total. The number of benzene rings is 2. The van der Waals surface area contributed by atoms with Crippen LogP contribution in [0.5, 0.6) is 11.5 Å². The number of methoxy groups -OCH3 is 2. The van der Waals surface area contributed by atoms with E-state index in [4.69, 9.17) is 9.47 Å². The molecular formula is C19H20FN3O3. The van der Waals surface area contributed by atoms with Crippen LogP contribution in [-0.2, 0) is 13.6 Å². The Kier molecular flexibility index (Phi) is 4.79. The van der Waals surface area contributed by atoms with Crippen LogP contribution in [0.2, 0.25) is 0 Å². The summed E-state index contributed by atoms with van der Waals surface area (Å²) in [6, 6.07) is 7.80. The minimum Gasteiger partial charge on any atom is -0.496 e. The van der Waals surface area contributed by atoms with Crippen molar-refractivity contribution in [1.29, 1.82) is 0 Å². The van der Waals surface area contributed by atoms with E-state index in [-0.39, 0.29) is 23.8 Å². The molecule has 6 nitrogen and oxygen atoms in total. The number of nitrogens with zero attached hydrogens (tertiary/aromatic N) is 2. The van der Waals surface area contributed by atoms with E-state index in [1.807, 2.05) is 30.7 Å². The van der Waals surface area contributed by atoms with Crippen molar-refractivity contribution in [2.24, 2.45) is 7.05 Å². The number of rotatable bonds is 5. The van der Waals surface area contributed by atoms with Crippen molar-refractivity contribution in [3.8, 4) is 11.5 Å². The molecule has 1 amide bonds. The average molecular weight is 357 g/mol. The third kappa shape index (κ3) is 3.08. The molecule has 0 bridgehead atoms. The summed E-state index contributed by atoms with van der Waals surface area (Å²) in [5, 5.41) is 2.82. The molecule has 0 aliphatic rings. The van der Waals surface area contributed by atoms with Crippen molar-refractivity contribution in [3.05, 3.63) is 53.1 Å². The molecule has 0 aliphatic heterocycles. The second-order valence-electron chi connectivity index (χ2n) is 5.86. The number of nitrogens with one attached hydrogen (secondary N) is 1. The highest BCUT2D eigenvalue weighted by atomic mass is 19.1. The van der Waals surface area contributed by atoms with Crippen LogP contribution in [0.4, 0.5) is 4.39 Å². The van der Waals surface area contributed by atoms with Gasteiger partial charge < -0.3 is 19.4 Å². The topological polar surface area (TPSA) is 65.4 Å². The zero-order valence-electron chi connectivity index (χ0n) is 15.1. The highest BCUT2D eigenvalue weighted by molar-refractivity contribution is 5.94. The predicted octanol–water partition coefficient (Wildman–Crippen LogP) is 2.97. The Labute approximate surface area is 150 Å². The zero-order chi connectivity index (χ0) is 18.8. The van der Waals surface area contributed by atoms with Gasteiger partial charge in [-0.05, 0) is 37.3 Å². The Balaban J connectivity index is 1.89. The fraction of sp³-hybridized carbons (Fsp3) is 0.263. The lowest BCUT2D eigenvalue weighted by molar-refractivity contribution is 0.0950. The highest BCUT2D eigenvalue weighted by Crippen LogP contribution is 2.28. The molecule has 0 radical (unpaired) electrons. The van der Waals surface area contributed by atoms with E-state index >= 15 is 0 Å². The quantitative estimate of drug-likeness (QED) is 0.762. The minimum atomic E-state index is -0.581. The number of aryl methyl sites for hydroxylation is 2. The lowest BCUT2D eigenvalue weighted by Crippen LogP contribution is -2.23. The van der Waals surface area contributed by atoms with Crippen LogP contribution in [0.3, 0.4) is 0 Å². The number of carbonyl (C=O) groups is 1. The number of carbonyl (C=O) groups excluding carboxylic acids is 1. The van der Waals surface area contributed by atoms with Gasteiger partial charge in [-0.1, -0.05) is 0 Å². The Morgan fingerprint density at radius 1 is 1.19 bits per heavy atom. The molecule has 3 aromatic rings.